The standard InChI is InChI=1S/C16H16N2O/c1-17-10-13-4-2-12(3-5-13)8-14-6-7-15-16(9-14)19-11-18-15/h2-7,9,11,17H,8,10H2,1H3. The average molecular weight is 252 g/mol. The molecule has 19 heavy (non-hydrogen) atoms. The van der Waals surface area contributed by atoms with Crippen LogP contribution >= 0.6 is 0 Å². The van der Waals surface area contributed by atoms with Gasteiger partial charge in [-0.15, -0.1) is 0 Å². The molecule has 0 spiro atoms. The van der Waals surface area contributed by atoms with Crippen molar-refractivity contribution in [2.75, 3.05) is 7.05 Å². The molecule has 0 fully saturated rings. The Hall–Kier alpha value is -2.13. The molecule has 0 saturated heterocycles. The minimum Gasteiger partial charge on any atom is -0.443 e. The Labute approximate surface area is 112 Å². The molecule has 0 aliphatic heterocycles. The van der Waals surface area contributed by atoms with Crippen molar-refractivity contribution in [1.82, 2.24) is 10.3 Å². The first kappa shape index (κ1) is 11.9. The summed E-state index contributed by atoms with van der Waals surface area (Å²) in [6, 6.07) is 14.9. The van der Waals surface area contributed by atoms with Crippen molar-refractivity contribution in [1.29, 1.82) is 0 Å². The minimum absolute atomic E-state index is 0.851. The largest absolute Gasteiger partial charge is 0.443 e. The summed E-state index contributed by atoms with van der Waals surface area (Å²) in [5.41, 5.74) is 5.61. The van der Waals surface area contributed by atoms with E-state index >= 15 is 0 Å². The van der Waals surface area contributed by atoms with Crippen molar-refractivity contribution in [3.8, 4) is 0 Å². The molecule has 0 amide bonds. The highest BCUT2D eigenvalue weighted by Gasteiger charge is 2.02. The van der Waals surface area contributed by atoms with E-state index < -0.39 is 0 Å². The molecular weight excluding hydrogens is 236 g/mol. The molecule has 0 aliphatic carbocycles. The van der Waals surface area contributed by atoms with Gasteiger partial charge in [-0.2, -0.15) is 0 Å². The molecule has 1 heterocycles. The molecule has 3 nitrogen and oxygen atoms in total. The minimum atomic E-state index is 0.851. The first-order valence-corrected chi connectivity index (χ1v) is 6.40. The highest BCUT2D eigenvalue weighted by Crippen LogP contribution is 2.17. The molecule has 1 aromatic heterocycles. The summed E-state index contributed by atoms with van der Waals surface area (Å²) in [5.74, 6) is 0. The van der Waals surface area contributed by atoms with Crippen LogP contribution in [0.2, 0.25) is 0 Å². The fourth-order valence-electron chi connectivity index (χ4n) is 2.22. The Morgan fingerprint density at radius 1 is 1.00 bits per heavy atom. The zero-order chi connectivity index (χ0) is 13.1. The van der Waals surface area contributed by atoms with Crippen molar-refractivity contribution >= 4 is 11.1 Å². The molecule has 3 rings (SSSR count). The van der Waals surface area contributed by atoms with Gasteiger partial charge in [0, 0.05) is 6.54 Å². The molecule has 0 unspecified atom stereocenters. The molecule has 2 aromatic carbocycles. The summed E-state index contributed by atoms with van der Waals surface area (Å²) >= 11 is 0. The number of nitrogens with one attached hydrogen (secondary N) is 1. The molecule has 0 atom stereocenters. The number of fused-ring (bicyclic) bond motifs is 1. The number of oxazole rings is 1. The summed E-state index contributed by atoms with van der Waals surface area (Å²) in [6.07, 6.45) is 2.40. The normalized spacial score (nSPS) is 11.0. The predicted molar refractivity (Wildman–Crippen MR) is 76.0 cm³/mol. The first-order valence-electron chi connectivity index (χ1n) is 6.40. The topological polar surface area (TPSA) is 38.1 Å². The van der Waals surface area contributed by atoms with Gasteiger partial charge in [0.1, 0.15) is 5.52 Å². The lowest BCUT2D eigenvalue weighted by Crippen LogP contribution is -2.04. The SMILES string of the molecule is CNCc1ccc(Cc2ccc3ncoc3c2)cc1. The number of aromatic nitrogens is 1. The third-order valence-corrected chi connectivity index (χ3v) is 3.21. The maximum absolute atomic E-state index is 5.33. The molecule has 3 aromatic rings. The molecule has 3 heteroatoms. The van der Waals surface area contributed by atoms with Crippen LogP contribution in [0.25, 0.3) is 11.1 Å². The van der Waals surface area contributed by atoms with Gasteiger partial charge < -0.3 is 9.73 Å². The van der Waals surface area contributed by atoms with E-state index in [1.165, 1.54) is 23.1 Å². The van der Waals surface area contributed by atoms with E-state index in [-0.39, 0.29) is 0 Å². The Bertz CT molecular complexity index is 671. The summed E-state index contributed by atoms with van der Waals surface area (Å²) in [6.45, 7) is 0.907. The third kappa shape index (κ3) is 2.66. The van der Waals surface area contributed by atoms with E-state index in [9.17, 15) is 0 Å². The smallest absolute Gasteiger partial charge is 0.181 e. The van der Waals surface area contributed by atoms with Crippen molar-refractivity contribution in [3.63, 3.8) is 0 Å². The molecular formula is C16H16N2O. The lowest BCUT2D eigenvalue weighted by Gasteiger charge is -2.04. The van der Waals surface area contributed by atoms with Gasteiger partial charge in [0.2, 0.25) is 0 Å². The Morgan fingerprint density at radius 3 is 2.53 bits per heavy atom. The van der Waals surface area contributed by atoms with E-state index in [1.807, 2.05) is 13.1 Å². The van der Waals surface area contributed by atoms with Gasteiger partial charge in [0.25, 0.3) is 0 Å². The fourth-order valence-corrected chi connectivity index (χ4v) is 2.22. The number of hydrogen-bond donors (Lipinski definition) is 1. The van der Waals surface area contributed by atoms with E-state index in [1.54, 1.807) is 0 Å². The molecule has 96 valence electrons. The van der Waals surface area contributed by atoms with Crippen LogP contribution < -0.4 is 5.32 Å². The first-order chi connectivity index (χ1) is 9.35. The maximum Gasteiger partial charge on any atom is 0.181 e. The van der Waals surface area contributed by atoms with Crippen molar-refractivity contribution in [2.45, 2.75) is 13.0 Å². The van der Waals surface area contributed by atoms with Crippen LogP contribution in [-0.4, -0.2) is 12.0 Å². The van der Waals surface area contributed by atoms with E-state index in [2.05, 4.69) is 46.7 Å². The Balaban J connectivity index is 1.79. The molecule has 0 bridgehead atoms. The lowest BCUT2D eigenvalue weighted by molar-refractivity contribution is 0.602. The van der Waals surface area contributed by atoms with Crippen LogP contribution in [0, 0.1) is 0 Å². The second kappa shape index (κ2) is 5.24. The fraction of sp³-hybridized carbons (Fsp3) is 0.188. The van der Waals surface area contributed by atoms with Crippen LogP contribution in [0.3, 0.4) is 0 Å². The van der Waals surface area contributed by atoms with Crippen LogP contribution in [0.1, 0.15) is 16.7 Å². The van der Waals surface area contributed by atoms with Gasteiger partial charge in [-0.1, -0.05) is 30.3 Å². The van der Waals surface area contributed by atoms with Gasteiger partial charge in [-0.25, -0.2) is 4.98 Å². The number of benzene rings is 2. The Morgan fingerprint density at radius 2 is 1.74 bits per heavy atom. The highest BCUT2D eigenvalue weighted by molar-refractivity contribution is 5.72. The van der Waals surface area contributed by atoms with E-state index in [4.69, 9.17) is 4.42 Å². The van der Waals surface area contributed by atoms with Crippen molar-refractivity contribution in [2.24, 2.45) is 0 Å². The van der Waals surface area contributed by atoms with Crippen molar-refractivity contribution < 1.29 is 4.42 Å². The summed E-state index contributed by atoms with van der Waals surface area (Å²) < 4.78 is 5.33. The van der Waals surface area contributed by atoms with Gasteiger partial charge in [-0.3, -0.25) is 0 Å². The maximum atomic E-state index is 5.33. The zero-order valence-corrected chi connectivity index (χ0v) is 10.9. The van der Waals surface area contributed by atoms with Crippen LogP contribution in [0.15, 0.2) is 53.3 Å². The molecule has 0 saturated carbocycles. The number of nitrogens with zero attached hydrogens (tertiary/aromatic N) is 1. The quantitative estimate of drug-likeness (QED) is 0.775. The average Bonchev–Trinajstić information content (AvgIpc) is 2.89. The monoisotopic (exact) mass is 252 g/mol. The van der Waals surface area contributed by atoms with Crippen LogP contribution in [-0.2, 0) is 13.0 Å². The third-order valence-electron chi connectivity index (χ3n) is 3.21. The predicted octanol–water partition coefficient (Wildman–Crippen LogP) is 3.14. The molecule has 0 aliphatic rings. The Kier molecular flexibility index (Phi) is 3.29. The van der Waals surface area contributed by atoms with Crippen LogP contribution in [0.5, 0.6) is 0 Å². The van der Waals surface area contributed by atoms with Crippen molar-refractivity contribution in [3.05, 3.63) is 65.5 Å². The summed E-state index contributed by atoms with van der Waals surface area (Å²) in [4.78, 5) is 4.13. The molecule has 1 N–H and O–H groups in total. The lowest BCUT2D eigenvalue weighted by atomic mass is 10.0. The molecule has 0 radical (unpaired) electrons. The van der Waals surface area contributed by atoms with E-state index in [0.29, 0.717) is 0 Å². The summed E-state index contributed by atoms with van der Waals surface area (Å²) in [7, 11) is 1.96. The second-order valence-corrected chi connectivity index (χ2v) is 4.68. The number of rotatable bonds is 4. The highest BCUT2D eigenvalue weighted by atomic mass is 16.3. The number of hydrogen-bond acceptors (Lipinski definition) is 3. The summed E-state index contributed by atoms with van der Waals surface area (Å²) in [5, 5.41) is 3.15. The van der Waals surface area contributed by atoms with Gasteiger partial charge in [0.15, 0.2) is 12.0 Å². The van der Waals surface area contributed by atoms with Gasteiger partial charge >= 0.3 is 0 Å². The van der Waals surface area contributed by atoms with Crippen LogP contribution in [0.4, 0.5) is 0 Å². The van der Waals surface area contributed by atoms with Gasteiger partial charge in [0.05, 0.1) is 0 Å². The zero-order valence-electron chi connectivity index (χ0n) is 10.9. The van der Waals surface area contributed by atoms with Gasteiger partial charge in [-0.05, 0) is 42.3 Å². The second-order valence-electron chi connectivity index (χ2n) is 4.68. The van der Waals surface area contributed by atoms with E-state index in [0.717, 1.165) is 24.1 Å².